The number of aromatic nitrogens is 4. The molecule has 7 heteroatoms. The highest BCUT2D eigenvalue weighted by molar-refractivity contribution is 5.94. The standard InChI is InChI=1S/C20H23N5O2/c1-13-10-14(2)25(23-13)12-15-6-8-16(9-7-15)19(26)21-11-18-22-20(27-24-18)17-4-3-5-17/h6-10,17H,3-5,11-12H2,1-2H3,(H,21,26). The fourth-order valence-electron chi connectivity index (χ4n) is 3.19. The second-order valence-corrected chi connectivity index (χ2v) is 7.14. The average molecular weight is 365 g/mol. The average Bonchev–Trinajstić information content (AvgIpc) is 3.18. The number of amides is 1. The Morgan fingerprint density at radius 3 is 2.67 bits per heavy atom. The van der Waals surface area contributed by atoms with Crippen LogP contribution in [0, 0.1) is 13.8 Å². The third-order valence-corrected chi connectivity index (χ3v) is 5.00. The van der Waals surface area contributed by atoms with Crippen molar-refractivity contribution >= 4 is 5.91 Å². The molecule has 3 aromatic rings. The van der Waals surface area contributed by atoms with Gasteiger partial charge in [0.2, 0.25) is 5.89 Å². The molecule has 2 aromatic heterocycles. The van der Waals surface area contributed by atoms with Crippen molar-refractivity contribution in [3.05, 3.63) is 64.6 Å². The number of rotatable bonds is 6. The number of aryl methyl sites for hydroxylation is 2. The van der Waals surface area contributed by atoms with Crippen LogP contribution in [-0.4, -0.2) is 25.8 Å². The lowest BCUT2D eigenvalue weighted by molar-refractivity contribution is 0.0949. The van der Waals surface area contributed by atoms with Crippen LogP contribution in [0.4, 0.5) is 0 Å². The fourth-order valence-corrected chi connectivity index (χ4v) is 3.19. The Labute approximate surface area is 157 Å². The van der Waals surface area contributed by atoms with Gasteiger partial charge in [-0.1, -0.05) is 23.7 Å². The first-order chi connectivity index (χ1) is 13.1. The Hall–Kier alpha value is -2.96. The van der Waals surface area contributed by atoms with Crippen molar-refractivity contribution in [3.8, 4) is 0 Å². The molecule has 1 amide bonds. The van der Waals surface area contributed by atoms with E-state index in [1.807, 2.05) is 42.8 Å². The number of hydrogen-bond acceptors (Lipinski definition) is 5. The van der Waals surface area contributed by atoms with Gasteiger partial charge in [0.05, 0.1) is 18.8 Å². The van der Waals surface area contributed by atoms with Crippen LogP contribution in [0.15, 0.2) is 34.9 Å². The van der Waals surface area contributed by atoms with E-state index in [4.69, 9.17) is 4.52 Å². The van der Waals surface area contributed by atoms with E-state index >= 15 is 0 Å². The summed E-state index contributed by atoms with van der Waals surface area (Å²) in [6.45, 7) is 4.98. The molecule has 0 aliphatic heterocycles. The molecule has 140 valence electrons. The first-order valence-electron chi connectivity index (χ1n) is 9.29. The van der Waals surface area contributed by atoms with E-state index in [0.29, 0.717) is 29.7 Å². The van der Waals surface area contributed by atoms with E-state index in [0.717, 1.165) is 29.8 Å². The molecule has 0 bridgehead atoms. The molecule has 4 rings (SSSR count). The minimum Gasteiger partial charge on any atom is -0.345 e. The number of hydrogen-bond donors (Lipinski definition) is 1. The summed E-state index contributed by atoms with van der Waals surface area (Å²) in [4.78, 5) is 16.7. The third-order valence-electron chi connectivity index (χ3n) is 5.00. The quantitative estimate of drug-likeness (QED) is 0.725. The van der Waals surface area contributed by atoms with Crippen LogP contribution in [0.25, 0.3) is 0 Å². The fraction of sp³-hybridized carbons (Fsp3) is 0.400. The Kier molecular flexibility index (Phi) is 4.75. The van der Waals surface area contributed by atoms with Gasteiger partial charge >= 0.3 is 0 Å². The van der Waals surface area contributed by atoms with Crippen molar-refractivity contribution < 1.29 is 9.32 Å². The Bertz CT molecular complexity index is 938. The maximum Gasteiger partial charge on any atom is 0.251 e. The summed E-state index contributed by atoms with van der Waals surface area (Å²) in [7, 11) is 0. The summed E-state index contributed by atoms with van der Waals surface area (Å²) in [6.07, 6.45) is 3.44. The molecule has 0 unspecified atom stereocenters. The van der Waals surface area contributed by atoms with Gasteiger partial charge in [-0.2, -0.15) is 10.1 Å². The van der Waals surface area contributed by atoms with Crippen molar-refractivity contribution in [2.75, 3.05) is 0 Å². The molecule has 1 saturated carbocycles. The maximum atomic E-state index is 12.3. The summed E-state index contributed by atoms with van der Waals surface area (Å²) in [5.41, 5.74) is 3.83. The van der Waals surface area contributed by atoms with Gasteiger partial charge < -0.3 is 9.84 Å². The predicted octanol–water partition coefficient (Wildman–Crippen LogP) is 3.13. The minimum atomic E-state index is -0.150. The normalized spacial score (nSPS) is 14.1. The zero-order valence-corrected chi connectivity index (χ0v) is 15.6. The zero-order chi connectivity index (χ0) is 18.8. The molecule has 0 saturated heterocycles. The van der Waals surface area contributed by atoms with E-state index < -0.39 is 0 Å². The van der Waals surface area contributed by atoms with Crippen LogP contribution in [0.1, 0.15) is 64.2 Å². The molecular weight excluding hydrogens is 342 g/mol. The predicted molar refractivity (Wildman–Crippen MR) is 99.3 cm³/mol. The van der Waals surface area contributed by atoms with E-state index in [-0.39, 0.29) is 12.5 Å². The number of carbonyl (C=O) groups excluding carboxylic acids is 1. The van der Waals surface area contributed by atoms with Crippen molar-refractivity contribution in [2.45, 2.75) is 52.1 Å². The third kappa shape index (κ3) is 3.92. The molecule has 27 heavy (non-hydrogen) atoms. The Balaban J connectivity index is 1.33. The topological polar surface area (TPSA) is 85.8 Å². The second-order valence-electron chi connectivity index (χ2n) is 7.14. The monoisotopic (exact) mass is 365 g/mol. The molecule has 0 radical (unpaired) electrons. The first kappa shape index (κ1) is 17.5. The number of carbonyl (C=O) groups is 1. The minimum absolute atomic E-state index is 0.150. The molecule has 2 heterocycles. The van der Waals surface area contributed by atoms with Gasteiger partial charge in [-0.15, -0.1) is 0 Å². The van der Waals surface area contributed by atoms with E-state index in [1.165, 1.54) is 6.42 Å². The molecule has 1 fully saturated rings. The van der Waals surface area contributed by atoms with Gasteiger partial charge in [-0.25, -0.2) is 0 Å². The van der Waals surface area contributed by atoms with Crippen molar-refractivity contribution in [1.82, 2.24) is 25.2 Å². The second kappa shape index (κ2) is 7.34. The zero-order valence-electron chi connectivity index (χ0n) is 15.6. The molecule has 1 aliphatic carbocycles. The summed E-state index contributed by atoms with van der Waals surface area (Å²) in [5.74, 6) is 1.46. The molecule has 0 spiro atoms. The highest BCUT2D eigenvalue weighted by atomic mass is 16.5. The van der Waals surface area contributed by atoms with Crippen molar-refractivity contribution in [3.63, 3.8) is 0 Å². The van der Waals surface area contributed by atoms with Gasteiger partial charge in [-0.05, 0) is 50.5 Å². The summed E-state index contributed by atoms with van der Waals surface area (Å²) >= 11 is 0. The van der Waals surface area contributed by atoms with Crippen LogP contribution in [0.5, 0.6) is 0 Å². The molecule has 1 N–H and O–H groups in total. The number of nitrogens with one attached hydrogen (secondary N) is 1. The van der Waals surface area contributed by atoms with E-state index in [2.05, 4.69) is 26.6 Å². The number of nitrogens with zero attached hydrogens (tertiary/aromatic N) is 4. The molecule has 0 atom stereocenters. The van der Waals surface area contributed by atoms with Crippen LogP contribution >= 0.6 is 0 Å². The van der Waals surface area contributed by atoms with Gasteiger partial charge in [0.15, 0.2) is 5.82 Å². The number of benzene rings is 1. The van der Waals surface area contributed by atoms with Crippen LogP contribution in [-0.2, 0) is 13.1 Å². The van der Waals surface area contributed by atoms with E-state index in [9.17, 15) is 4.79 Å². The lowest BCUT2D eigenvalue weighted by atomic mass is 9.85. The van der Waals surface area contributed by atoms with Crippen LogP contribution < -0.4 is 5.32 Å². The first-order valence-corrected chi connectivity index (χ1v) is 9.29. The van der Waals surface area contributed by atoms with Gasteiger partial charge in [-0.3, -0.25) is 9.48 Å². The van der Waals surface area contributed by atoms with E-state index in [1.54, 1.807) is 0 Å². The maximum absolute atomic E-state index is 12.3. The van der Waals surface area contributed by atoms with Crippen molar-refractivity contribution in [1.29, 1.82) is 0 Å². The van der Waals surface area contributed by atoms with Gasteiger partial charge in [0, 0.05) is 17.2 Å². The highest BCUT2D eigenvalue weighted by Crippen LogP contribution is 2.35. The highest BCUT2D eigenvalue weighted by Gasteiger charge is 2.25. The lowest BCUT2D eigenvalue weighted by Crippen LogP contribution is -2.23. The molecular formula is C20H23N5O2. The SMILES string of the molecule is Cc1cc(C)n(Cc2ccc(C(=O)NCc3noc(C4CCC4)n3)cc2)n1. The smallest absolute Gasteiger partial charge is 0.251 e. The van der Waals surface area contributed by atoms with Crippen LogP contribution in [0.3, 0.4) is 0 Å². The summed E-state index contributed by atoms with van der Waals surface area (Å²) in [5, 5.41) is 11.3. The molecule has 1 aromatic carbocycles. The van der Waals surface area contributed by atoms with Crippen molar-refractivity contribution in [2.24, 2.45) is 0 Å². The lowest BCUT2D eigenvalue weighted by Gasteiger charge is -2.20. The summed E-state index contributed by atoms with van der Waals surface area (Å²) < 4.78 is 7.23. The van der Waals surface area contributed by atoms with Gasteiger partial charge in [0.1, 0.15) is 0 Å². The summed E-state index contributed by atoms with van der Waals surface area (Å²) in [6, 6.07) is 9.61. The van der Waals surface area contributed by atoms with Gasteiger partial charge in [0.25, 0.3) is 5.91 Å². The Morgan fingerprint density at radius 1 is 1.26 bits per heavy atom. The Morgan fingerprint density at radius 2 is 2.04 bits per heavy atom. The van der Waals surface area contributed by atoms with Crippen LogP contribution in [0.2, 0.25) is 0 Å². The molecule has 7 nitrogen and oxygen atoms in total. The largest absolute Gasteiger partial charge is 0.345 e. The molecule has 1 aliphatic rings.